The van der Waals surface area contributed by atoms with Gasteiger partial charge in [-0.15, -0.1) is 0 Å². The second-order valence-corrected chi connectivity index (χ2v) is 11.4. The van der Waals surface area contributed by atoms with Crippen molar-refractivity contribution in [3.05, 3.63) is 77.6 Å². The third-order valence-corrected chi connectivity index (χ3v) is 7.85. The molecule has 0 saturated carbocycles. The van der Waals surface area contributed by atoms with E-state index in [4.69, 9.17) is 4.42 Å². The molecule has 0 saturated heterocycles. The lowest BCUT2D eigenvalue weighted by Gasteiger charge is -2.24. The van der Waals surface area contributed by atoms with Crippen molar-refractivity contribution in [2.45, 2.75) is 26.1 Å². The molecule has 4 aromatic rings. The molecule has 0 bridgehead atoms. The summed E-state index contributed by atoms with van der Waals surface area (Å²) in [5.74, 6) is -1.89. The Morgan fingerprint density at radius 2 is 1.67 bits per heavy atom. The van der Waals surface area contributed by atoms with Gasteiger partial charge < -0.3 is 15.1 Å². The second-order valence-electron chi connectivity index (χ2n) is 9.50. The number of carbonyl (C=O) groups excluding carboxylic acids is 2. The molecular weight excluding hydrogens is 578 g/mol. The number of amides is 2. The second kappa shape index (κ2) is 11.5. The number of rotatable bonds is 8. The number of furan rings is 1. The number of benzene rings is 3. The van der Waals surface area contributed by atoms with Gasteiger partial charge in [-0.25, -0.2) is 12.8 Å². The lowest BCUT2D eigenvalue weighted by Crippen LogP contribution is -2.43. The number of alkyl halides is 3. The van der Waals surface area contributed by atoms with Gasteiger partial charge in [0.25, 0.3) is 11.8 Å². The number of nitrogens with one attached hydrogen (secondary N) is 2. The Hall–Kier alpha value is -4.39. The number of nitrogens with zero attached hydrogens (tertiary/aromatic N) is 1. The van der Waals surface area contributed by atoms with E-state index >= 15 is 0 Å². The average molecular weight is 606 g/mol. The summed E-state index contributed by atoms with van der Waals surface area (Å²) in [6.07, 6.45) is -3.64. The van der Waals surface area contributed by atoms with Gasteiger partial charge in [0.1, 0.15) is 23.2 Å². The fraction of sp³-hybridized carbons (Fsp3) is 0.241. The van der Waals surface area contributed by atoms with Crippen LogP contribution in [0.25, 0.3) is 33.4 Å². The Bertz CT molecular complexity index is 1770. The van der Waals surface area contributed by atoms with Crippen LogP contribution < -0.4 is 14.9 Å². The first kappa shape index (κ1) is 30.6. The van der Waals surface area contributed by atoms with Gasteiger partial charge >= 0.3 is 6.18 Å². The zero-order valence-electron chi connectivity index (χ0n) is 23.0. The summed E-state index contributed by atoms with van der Waals surface area (Å²) in [4.78, 5) is 25.7. The first-order valence-electron chi connectivity index (χ1n) is 12.7. The van der Waals surface area contributed by atoms with Gasteiger partial charge in [0.15, 0.2) is 0 Å². The van der Waals surface area contributed by atoms with Crippen molar-refractivity contribution >= 4 is 38.5 Å². The number of hydrogen-bond acceptors (Lipinski definition) is 5. The van der Waals surface area contributed by atoms with Gasteiger partial charge in [0.2, 0.25) is 10.0 Å². The molecule has 1 unspecified atom stereocenters. The Kier molecular flexibility index (Phi) is 8.35. The molecule has 8 nitrogen and oxygen atoms in total. The average Bonchev–Trinajstić information content (AvgIpc) is 3.30. The van der Waals surface area contributed by atoms with Crippen molar-refractivity contribution < 1.29 is 40.0 Å². The smallest absolute Gasteiger partial charge is 0.408 e. The summed E-state index contributed by atoms with van der Waals surface area (Å²) in [5.41, 5.74) is 1.27. The Morgan fingerprint density at radius 1 is 1.00 bits per heavy atom. The largest absolute Gasteiger partial charge is 0.455 e. The molecule has 0 radical (unpaired) electrons. The molecule has 0 aliphatic heterocycles. The van der Waals surface area contributed by atoms with Crippen molar-refractivity contribution in [1.29, 1.82) is 0 Å². The fourth-order valence-electron chi connectivity index (χ4n) is 4.50. The summed E-state index contributed by atoms with van der Waals surface area (Å²) >= 11 is 0. The minimum Gasteiger partial charge on any atom is -0.455 e. The van der Waals surface area contributed by atoms with Gasteiger partial charge in [0.05, 0.1) is 17.5 Å². The standard InChI is InChI=1S/C29H27F4N3O5S/c1-5-36(42(4,39)40)23-15-24-22(25(28(38)34-3)26(41-24)17-9-11-20(30)12-10-17)14-21(23)18-7-6-8-19(13-18)27(37)35-16(2)29(31,32)33/h6-16H,5H2,1-4H3,(H,34,38)(H,35,37). The highest BCUT2D eigenvalue weighted by Gasteiger charge is 2.37. The van der Waals surface area contributed by atoms with E-state index in [0.29, 0.717) is 11.1 Å². The first-order chi connectivity index (χ1) is 19.6. The monoisotopic (exact) mass is 605 g/mol. The first-order valence-corrected chi connectivity index (χ1v) is 14.5. The molecule has 1 atom stereocenters. The van der Waals surface area contributed by atoms with Gasteiger partial charge in [-0.05, 0) is 61.9 Å². The zero-order valence-corrected chi connectivity index (χ0v) is 23.8. The summed E-state index contributed by atoms with van der Waals surface area (Å²) in [6, 6.07) is 11.8. The summed E-state index contributed by atoms with van der Waals surface area (Å²) in [6.45, 7) is 2.44. The molecule has 0 spiro atoms. The van der Waals surface area contributed by atoms with E-state index in [1.807, 2.05) is 5.32 Å². The highest BCUT2D eigenvalue weighted by atomic mass is 32.2. The molecule has 3 aromatic carbocycles. The van der Waals surface area contributed by atoms with E-state index in [1.165, 1.54) is 61.6 Å². The molecule has 1 aromatic heterocycles. The maximum atomic E-state index is 13.6. The van der Waals surface area contributed by atoms with Crippen LogP contribution in [0.1, 0.15) is 34.6 Å². The quantitative estimate of drug-likeness (QED) is 0.250. The predicted molar refractivity (Wildman–Crippen MR) is 151 cm³/mol. The molecule has 1 heterocycles. The molecule has 2 amide bonds. The van der Waals surface area contributed by atoms with Gasteiger partial charge in [-0.3, -0.25) is 13.9 Å². The molecule has 42 heavy (non-hydrogen) atoms. The Labute approximate surface area is 239 Å². The minimum atomic E-state index is -4.65. The maximum Gasteiger partial charge on any atom is 0.408 e. The number of anilines is 1. The normalized spacial score (nSPS) is 12.7. The van der Waals surface area contributed by atoms with Gasteiger partial charge in [-0.2, -0.15) is 13.2 Å². The molecule has 0 aliphatic carbocycles. The van der Waals surface area contributed by atoms with E-state index in [-0.39, 0.29) is 45.7 Å². The number of carbonyl (C=O) groups is 2. The summed E-state index contributed by atoms with van der Waals surface area (Å²) in [5, 5.41) is 4.74. The lowest BCUT2D eigenvalue weighted by molar-refractivity contribution is -0.149. The third-order valence-electron chi connectivity index (χ3n) is 6.60. The highest BCUT2D eigenvalue weighted by molar-refractivity contribution is 7.92. The van der Waals surface area contributed by atoms with E-state index in [1.54, 1.807) is 13.0 Å². The van der Waals surface area contributed by atoms with Crippen molar-refractivity contribution in [1.82, 2.24) is 10.6 Å². The fourth-order valence-corrected chi connectivity index (χ4v) is 5.48. The van der Waals surface area contributed by atoms with Crippen LogP contribution in [0.3, 0.4) is 0 Å². The predicted octanol–water partition coefficient (Wildman–Crippen LogP) is 5.73. The molecular formula is C29H27F4N3O5S. The Morgan fingerprint density at radius 3 is 2.24 bits per heavy atom. The van der Waals surface area contributed by atoms with Crippen molar-refractivity contribution in [2.75, 3.05) is 24.2 Å². The van der Waals surface area contributed by atoms with E-state index < -0.39 is 39.9 Å². The Balaban J connectivity index is 1.99. The minimum absolute atomic E-state index is 0.00838. The zero-order chi connectivity index (χ0) is 31.0. The van der Waals surface area contributed by atoms with Crippen LogP contribution in [-0.2, 0) is 10.0 Å². The molecule has 2 N–H and O–H groups in total. The van der Waals surface area contributed by atoms with Crippen molar-refractivity contribution in [3.8, 4) is 22.5 Å². The van der Waals surface area contributed by atoms with Crippen LogP contribution in [0.4, 0.5) is 23.2 Å². The van der Waals surface area contributed by atoms with E-state index in [0.717, 1.165) is 17.5 Å². The molecule has 0 aliphatic rings. The topological polar surface area (TPSA) is 109 Å². The van der Waals surface area contributed by atoms with Crippen LogP contribution in [-0.4, -0.2) is 52.3 Å². The van der Waals surface area contributed by atoms with E-state index in [9.17, 15) is 35.6 Å². The number of sulfonamides is 1. The summed E-state index contributed by atoms with van der Waals surface area (Å²) < 4.78 is 85.5. The molecule has 0 fully saturated rings. The van der Waals surface area contributed by atoms with Crippen LogP contribution in [0.2, 0.25) is 0 Å². The summed E-state index contributed by atoms with van der Waals surface area (Å²) in [7, 11) is -2.43. The SMILES string of the molecule is CCN(c1cc2oc(-c3ccc(F)cc3)c(C(=O)NC)c2cc1-c1cccc(C(=O)NC(C)C(F)(F)F)c1)S(C)(=O)=O. The number of fused-ring (bicyclic) bond motifs is 1. The molecule has 4 rings (SSSR count). The molecule has 13 heteroatoms. The van der Waals surface area contributed by atoms with Gasteiger partial charge in [-0.1, -0.05) is 12.1 Å². The number of halogens is 4. The lowest BCUT2D eigenvalue weighted by atomic mass is 9.97. The third kappa shape index (κ3) is 6.10. The van der Waals surface area contributed by atoms with Crippen LogP contribution in [0.15, 0.2) is 65.1 Å². The van der Waals surface area contributed by atoms with Crippen LogP contribution in [0.5, 0.6) is 0 Å². The van der Waals surface area contributed by atoms with Crippen molar-refractivity contribution in [2.24, 2.45) is 0 Å². The van der Waals surface area contributed by atoms with Crippen LogP contribution in [0, 0.1) is 5.82 Å². The van der Waals surface area contributed by atoms with Crippen LogP contribution >= 0.6 is 0 Å². The maximum absolute atomic E-state index is 13.6. The van der Waals surface area contributed by atoms with Gasteiger partial charge in [0, 0.05) is 41.7 Å². The highest BCUT2D eigenvalue weighted by Crippen LogP contribution is 2.41. The molecule has 222 valence electrons. The number of hydrogen-bond donors (Lipinski definition) is 2. The van der Waals surface area contributed by atoms with E-state index in [2.05, 4.69) is 5.32 Å². The van der Waals surface area contributed by atoms with Crippen molar-refractivity contribution in [3.63, 3.8) is 0 Å².